The first-order valence-electron chi connectivity index (χ1n) is 10.2. The molecule has 0 fully saturated rings. The lowest BCUT2D eigenvalue weighted by Crippen LogP contribution is -2.14. The van der Waals surface area contributed by atoms with Crippen LogP contribution in [0.15, 0.2) is 67.0 Å². The first-order chi connectivity index (χ1) is 16.1. The third-order valence-corrected chi connectivity index (χ3v) is 4.94. The maximum Gasteiger partial charge on any atom is 0.230 e. The predicted octanol–water partition coefficient (Wildman–Crippen LogP) is 4.63. The molecule has 0 saturated heterocycles. The average Bonchev–Trinajstić information content (AvgIpc) is 2.83. The molecule has 3 aromatic carbocycles. The molecule has 1 amide bonds. The third kappa shape index (κ3) is 5.12. The number of nitrogens with one attached hydrogen (secondary N) is 1. The molecule has 8 nitrogen and oxygen atoms in total. The molecule has 1 aromatic heterocycles. The molecule has 0 aliphatic carbocycles. The van der Waals surface area contributed by atoms with Crippen molar-refractivity contribution in [2.24, 2.45) is 0 Å². The van der Waals surface area contributed by atoms with Gasteiger partial charge in [-0.25, -0.2) is 9.97 Å². The second kappa shape index (κ2) is 9.86. The van der Waals surface area contributed by atoms with Crippen molar-refractivity contribution in [2.75, 3.05) is 26.6 Å². The van der Waals surface area contributed by atoms with Gasteiger partial charge in [0.1, 0.15) is 17.8 Å². The largest absolute Gasteiger partial charge is 0.497 e. The number of anilines is 1. The number of rotatable bonds is 8. The molecular weight excluding hydrogens is 422 g/mol. The first-order valence-corrected chi connectivity index (χ1v) is 10.2. The van der Waals surface area contributed by atoms with Crippen LogP contribution >= 0.6 is 0 Å². The van der Waals surface area contributed by atoms with E-state index < -0.39 is 0 Å². The summed E-state index contributed by atoms with van der Waals surface area (Å²) in [6.07, 6.45) is 1.61. The van der Waals surface area contributed by atoms with Gasteiger partial charge in [-0.3, -0.25) is 4.79 Å². The number of aromatic nitrogens is 2. The van der Waals surface area contributed by atoms with Gasteiger partial charge in [0, 0.05) is 17.8 Å². The van der Waals surface area contributed by atoms with E-state index in [-0.39, 0.29) is 12.3 Å². The van der Waals surface area contributed by atoms with Crippen molar-refractivity contribution in [1.82, 2.24) is 9.97 Å². The van der Waals surface area contributed by atoms with E-state index in [1.165, 1.54) is 6.33 Å². The minimum Gasteiger partial charge on any atom is -0.497 e. The van der Waals surface area contributed by atoms with E-state index in [1.54, 1.807) is 51.7 Å². The van der Waals surface area contributed by atoms with Gasteiger partial charge in [-0.2, -0.15) is 0 Å². The van der Waals surface area contributed by atoms with Crippen molar-refractivity contribution in [3.63, 3.8) is 0 Å². The summed E-state index contributed by atoms with van der Waals surface area (Å²) < 4.78 is 22.0. The standard InChI is InChI=1S/C25H23N3O5/c1-30-18-8-5-7-17(12-18)28-24(29)11-16-6-4-9-19(10-16)33-25-20-13-22(31-2)23(32-3)14-21(20)26-15-27-25/h4-10,12-15H,11H2,1-3H3,(H,28,29). The summed E-state index contributed by atoms with van der Waals surface area (Å²) in [5.41, 5.74) is 2.13. The van der Waals surface area contributed by atoms with Crippen LogP contribution in [-0.4, -0.2) is 37.2 Å². The number of carbonyl (C=O) groups is 1. The Kier molecular flexibility index (Phi) is 6.54. The van der Waals surface area contributed by atoms with E-state index in [0.717, 1.165) is 5.56 Å². The van der Waals surface area contributed by atoms with Gasteiger partial charge in [-0.1, -0.05) is 18.2 Å². The summed E-state index contributed by atoms with van der Waals surface area (Å²) >= 11 is 0. The van der Waals surface area contributed by atoms with E-state index in [4.69, 9.17) is 18.9 Å². The topological polar surface area (TPSA) is 91.8 Å². The molecular formula is C25H23N3O5. The molecule has 0 aliphatic heterocycles. The van der Waals surface area contributed by atoms with Gasteiger partial charge in [-0.05, 0) is 35.9 Å². The van der Waals surface area contributed by atoms with Crippen LogP contribution in [0.3, 0.4) is 0 Å². The van der Waals surface area contributed by atoms with Crippen molar-refractivity contribution in [1.29, 1.82) is 0 Å². The number of nitrogens with zero attached hydrogens (tertiary/aromatic N) is 2. The van der Waals surface area contributed by atoms with E-state index in [9.17, 15) is 4.79 Å². The minimum atomic E-state index is -0.148. The Morgan fingerprint density at radius 2 is 1.61 bits per heavy atom. The maximum atomic E-state index is 12.5. The van der Waals surface area contributed by atoms with Crippen LogP contribution < -0.4 is 24.3 Å². The highest BCUT2D eigenvalue weighted by atomic mass is 16.5. The van der Waals surface area contributed by atoms with Gasteiger partial charge in [0.25, 0.3) is 0 Å². The molecule has 0 spiro atoms. The Balaban J connectivity index is 1.52. The predicted molar refractivity (Wildman–Crippen MR) is 124 cm³/mol. The molecule has 168 valence electrons. The molecule has 1 heterocycles. The molecule has 0 atom stereocenters. The van der Waals surface area contributed by atoms with Gasteiger partial charge in [0.15, 0.2) is 11.5 Å². The SMILES string of the molecule is COc1cccc(NC(=O)Cc2cccc(Oc3ncnc4cc(OC)c(OC)cc34)c2)c1. The Bertz CT molecular complexity index is 1290. The van der Waals surface area contributed by atoms with Crippen LogP contribution in [0.1, 0.15) is 5.56 Å². The van der Waals surface area contributed by atoms with E-state index in [0.29, 0.717) is 45.5 Å². The third-order valence-electron chi connectivity index (χ3n) is 4.94. The zero-order valence-corrected chi connectivity index (χ0v) is 18.5. The quantitative estimate of drug-likeness (QED) is 0.423. The summed E-state index contributed by atoms with van der Waals surface area (Å²) in [5, 5.41) is 3.55. The summed E-state index contributed by atoms with van der Waals surface area (Å²) in [6, 6.07) is 18.1. The number of methoxy groups -OCH3 is 3. The van der Waals surface area contributed by atoms with Crippen molar-refractivity contribution >= 4 is 22.5 Å². The highest BCUT2D eigenvalue weighted by Gasteiger charge is 2.13. The molecule has 4 aromatic rings. The summed E-state index contributed by atoms with van der Waals surface area (Å²) in [4.78, 5) is 21.1. The Morgan fingerprint density at radius 3 is 2.39 bits per heavy atom. The van der Waals surface area contributed by atoms with Crippen molar-refractivity contribution in [2.45, 2.75) is 6.42 Å². The number of hydrogen-bond donors (Lipinski definition) is 1. The lowest BCUT2D eigenvalue weighted by atomic mass is 10.1. The number of benzene rings is 3. The fourth-order valence-corrected chi connectivity index (χ4v) is 3.36. The minimum absolute atomic E-state index is 0.148. The highest BCUT2D eigenvalue weighted by molar-refractivity contribution is 5.92. The maximum absolute atomic E-state index is 12.5. The van der Waals surface area contributed by atoms with Gasteiger partial charge < -0.3 is 24.3 Å². The fourth-order valence-electron chi connectivity index (χ4n) is 3.36. The molecule has 0 bridgehead atoms. The molecule has 8 heteroatoms. The Morgan fingerprint density at radius 1 is 0.848 bits per heavy atom. The van der Waals surface area contributed by atoms with Crippen molar-refractivity contribution in [3.05, 3.63) is 72.6 Å². The smallest absolute Gasteiger partial charge is 0.230 e. The van der Waals surface area contributed by atoms with Gasteiger partial charge in [-0.15, -0.1) is 0 Å². The lowest BCUT2D eigenvalue weighted by Gasteiger charge is -2.12. The molecule has 0 aliphatic rings. The number of amides is 1. The van der Waals surface area contributed by atoms with E-state index >= 15 is 0 Å². The highest BCUT2D eigenvalue weighted by Crippen LogP contribution is 2.35. The van der Waals surface area contributed by atoms with Crippen LogP contribution in [0, 0.1) is 0 Å². The van der Waals surface area contributed by atoms with Crippen molar-refractivity contribution < 1.29 is 23.7 Å². The van der Waals surface area contributed by atoms with Crippen LogP contribution in [0.25, 0.3) is 10.9 Å². The van der Waals surface area contributed by atoms with Gasteiger partial charge >= 0.3 is 0 Å². The van der Waals surface area contributed by atoms with Crippen LogP contribution in [0.5, 0.6) is 28.9 Å². The van der Waals surface area contributed by atoms with Gasteiger partial charge in [0.2, 0.25) is 11.8 Å². The Labute approximate surface area is 191 Å². The summed E-state index contributed by atoms with van der Waals surface area (Å²) in [5.74, 6) is 2.57. The molecule has 0 saturated carbocycles. The van der Waals surface area contributed by atoms with E-state index in [1.807, 2.05) is 30.3 Å². The number of hydrogen-bond acceptors (Lipinski definition) is 7. The lowest BCUT2D eigenvalue weighted by molar-refractivity contribution is -0.115. The molecule has 4 rings (SSSR count). The molecule has 33 heavy (non-hydrogen) atoms. The van der Waals surface area contributed by atoms with Crippen molar-refractivity contribution in [3.8, 4) is 28.9 Å². The fraction of sp³-hybridized carbons (Fsp3) is 0.160. The summed E-state index contributed by atoms with van der Waals surface area (Å²) in [7, 11) is 4.71. The van der Waals surface area contributed by atoms with Crippen LogP contribution in [0.2, 0.25) is 0 Å². The van der Waals surface area contributed by atoms with Crippen LogP contribution in [0.4, 0.5) is 5.69 Å². The zero-order valence-electron chi connectivity index (χ0n) is 18.5. The first kappa shape index (κ1) is 21.9. The second-order valence-corrected chi connectivity index (χ2v) is 7.11. The normalized spacial score (nSPS) is 10.5. The number of fused-ring (bicyclic) bond motifs is 1. The molecule has 1 N–H and O–H groups in total. The van der Waals surface area contributed by atoms with Gasteiger partial charge in [0.05, 0.1) is 38.7 Å². The zero-order chi connectivity index (χ0) is 23.2. The second-order valence-electron chi connectivity index (χ2n) is 7.11. The number of ether oxygens (including phenoxy) is 4. The van der Waals surface area contributed by atoms with Crippen LogP contribution in [-0.2, 0) is 11.2 Å². The molecule has 0 radical (unpaired) electrons. The average molecular weight is 445 g/mol. The van der Waals surface area contributed by atoms with E-state index in [2.05, 4.69) is 15.3 Å². The number of carbonyl (C=O) groups excluding carboxylic acids is 1. The Hall–Kier alpha value is -4.33. The molecule has 0 unspecified atom stereocenters. The monoisotopic (exact) mass is 445 g/mol. The summed E-state index contributed by atoms with van der Waals surface area (Å²) in [6.45, 7) is 0.